The molecule has 9 nitrogen and oxygen atoms in total. The number of likely N-dealkylation sites (N-methyl/N-ethyl adjacent to an activating group) is 2. The van der Waals surface area contributed by atoms with Gasteiger partial charge in [0, 0.05) is 31.2 Å². The van der Waals surface area contributed by atoms with Crippen molar-refractivity contribution in [1.29, 1.82) is 0 Å². The third kappa shape index (κ3) is 4.61. The average Bonchev–Trinajstić information content (AvgIpc) is 3.02. The number of methoxy groups -OCH3 is 2. The van der Waals surface area contributed by atoms with Gasteiger partial charge in [-0.05, 0) is 64.7 Å². The highest BCUT2D eigenvalue weighted by molar-refractivity contribution is 5.67. The smallest absolute Gasteiger partial charge is 0.212 e. The molecule has 0 aliphatic carbocycles. The van der Waals surface area contributed by atoms with Crippen LogP contribution in [0.25, 0.3) is 0 Å². The number of hydroxylamine groups is 6. The Hall–Kier alpha value is -4.28. The summed E-state index contributed by atoms with van der Waals surface area (Å²) in [5, 5.41) is 25.8. The van der Waals surface area contributed by atoms with Gasteiger partial charge in [-0.3, -0.25) is 0 Å². The van der Waals surface area contributed by atoms with Crippen LogP contribution in [0.5, 0.6) is 46.0 Å². The average molecular weight is 610 g/mol. The molecule has 45 heavy (non-hydrogen) atoms. The third-order valence-electron chi connectivity index (χ3n) is 10.1. The second-order valence-electron chi connectivity index (χ2n) is 13.0. The maximum atomic E-state index is 14.1. The monoisotopic (exact) mass is 609 g/mol. The summed E-state index contributed by atoms with van der Waals surface area (Å²) in [6, 6.07) is 19.2. The van der Waals surface area contributed by atoms with E-state index in [1.807, 2.05) is 67.7 Å². The predicted molar refractivity (Wildman–Crippen MR) is 167 cm³/mol. The summed E-state index contributed by atoms with van der Waals surface area (Å²) in [4.78, 5) is 0. The SMILES string of the molecule is COc1ccc2cc1Oc1ccc(cc1)CC1c3c(cc(OC)c4c3Oc3cc5c(cc3O4)CC[N+](C)(O)C5C2)CC[N+]1(C)[O-]. The first-order chi connectivity index (χ1) is 21.6. The van der Waals surface area contributed by atoms with Gasteiger partial charge in [0.25, 0.3) is 0 Å². The molecule has 9 heteroatoms. The third-order valence-corrected chi connectivity index (χ3v) is 10.1. The van der Waals surface area contributed by atoms with Crippen LogP contribution in [0.15, 0.2) is 60.7 Å². The van der Waals surface area contributed by atoms with Crippen molar-refractivity contribution in [2.45, 2.75) is 37.8 Å². The van der Waals surface area contributed by atoms with Gasteiger partial charge in [0.05, 0.1) is 40.4 Å². The number of hydrogen-bond acceptors (Lipinski definition) is 7. The summed E-state index contributed by atoms with van der Waals surface area (Å²) in [5.74, 6) is 4.68. The Morgan fingerprint density at radius 2 is 1.40 bits per heavy atom. The van der Waals surface area contributed by atoms with E-state index in [4.69, 9.17) is 23.7 Å². The van der Waals surface area contributed by atoms with Crippen LogP contribution in [0.1, 0.15) is 45.5 Å². The van der Waals surface area contributed by atoms with E-state index in [1.54, 1.807) is 21.3 Å². The molecule has 1 N–H and O–H groups in total. The zero-order valence-electron chi connectivity index (χ0n) is 26.0. The molecule has 232 valence electrons. The molecule has 0 saturated carbocycles. The molecule has 0 radical (unpaired) electrons. The summed E-state index contributed by atoms with van der Waals surface area (Å²) < 4.78 is 30.6. The zero-order valence-corrected chi connectivity index (χ0v) is 26.0. The number of benzene rings is 4. The number of quaternary nitrogens is 2. The summed E-state index contributed by atoms with van der Waals surface area (Å²) >= 11 is 0. The lowest BCUT2D eigenvalue weighted by molar-refractivity contribution is -1.11. The Balaban J connectivity index is 1.35. The van der Waals surface area contributed by atoms with Crippen molar-refractivity contribution in [3.8, 4) is 46.0 Å². The second-order valence-corrected chi connectivity index (χ2v) is 13.0. The minimum Gasteiger partial charge on any atom is -0.633 e. The molecule has 5 heterocycles. The predicted octanol–water partition coefficient (Wildman–Crippen LogP) is 7.17. The normalized spacial score (nSPS) is 25.7. The van der Waals surface area contributed by atoms with Crippen LogP contribution in [0.4, 0.5) is 0 Å². The van der Waals surface area contributed by atoms with E-state index in [0.717, 1.165) is 33.4 Å². The number of ether oxygens (including phenoxy) is 5. The van der Waals surface area contributed by atoms with Crippen molar-refractivity contribution >= 4 is 0 Å². The van der Waals surface area contributed by atoms with Gasteiger partial charge in [-0.15, -0.1) is 0 Å². The first kappa shape index (κ1) is 28.2. The molecule has 0 amide bonds. The van der Waals surface area contributed by atoms with Crippen LogP contribution in [-0.2, 0) is 25.7 Å². The van der Waals surface area contributed by atoms with Crippen molar-refractivity contribution in [3.63, 3.8) is 0 Å². The maximum absolute atomic E-state index is 14.1. The van der Waals surface area contributed by atoms with Crippen LogP contribution in [0.2, 0.25) is 0 Å². The Bertz CT molecular complexity index is 1830. The Labute approximate surface area is 262 Å². The second kappa shape index (κ2) is 10.1. The maximum Gasteiger partial charge on any atom is 0.212 e. The van der Waals surface area contributed by atoms with Crippen LogP contribution >= 0.6 is 0 Å². The molecule has 0 fully saturated rings. The molecular weight excluding hydrogens is 572 g/mol. The van der Waals surface area contributed by atoms with Gasteiger partial charge >= 0.3 is 0 Å². The van der Waals surface area contributed by atoms with E-state index in [9.17, 15) is 10.4 Å². The summed E-state index contributed by atoms with van der Waals surface area (Å²) in [6.07, 6.45) is 2.36. The highest BCUT2D eigenvalue weighted by atomic mass is 16.6. The van der Waals surface area contributed by atoms with E-state index in [2.05, 4.69) is 0 Å². The lowest BCUT2D eigenvalue weighted by Crippen LogP contribution is -2.49. The molecule has 0 spiro atoms. The van der Waals surface area contributed by atoms with Gasteiger partial charge in [-0.2, -0.15) is 4.65 Å². The Morgan fingerprint density at radius 1 is 0.711 bits per heavy atom. The Kier molecular flexibility index (Phi) is 6.34. The van der Waals surface area contributed by atoms with Crippen LogP contribution < -0.4 is 23.7 Å². The van der Waals surface area contributed by atoms with E-state index < -0.39 is 10.7 Å². The van der Waals surface area contributed by atoms with Crippen LogP contribution in [-0.4, -0.2) is 55.9 Å². The van der Waals surface area contributed by atoms with Crippen molar-refractivity contribution in [2.24, 2.45) is 0 Å². The van der Waals surface area contributed by atoms with Gasteiger partial charge in [-0.25, -0.2) is 5.21 Å². The highest BCUT2D eigenvalue weighted by Crippen LogP contribution is 2.57. The van der Waals surface area contributed by atoms with Gasteiger partial charge in [0.1, 0.15) is 24.4 Å². The van der Waals surface area contributed by atoms with Crippen molar-refractivity contribution in [2.75, 3.05) is 41.4 Å². The first-order valence-electron chi connectivity index (χ1n) is 15.5. The fourth-order valence-electron chi connectivity index (χ4n) is 7.50. The number of fused-ring (bicyclic) bond motifs is 2. The lowest BCUT2D eigenvalue weighted by Gasteiger charge is -2.50. The van der Waals surface area contributed by atoms with Crippen LogP contribution in [0.3, 0.4) is 0 Å². The van der Waals surface area contributed by atoms with Crippen molar-refractivity contribution < 1.29 is 38.2 Å². The van der Waals surface area contributed by atoms with Crippen molar-refractivity contribution in [1.82, 2.24) is 0 Å². The van der Waals surface area contributed by atoms with Crippen molar-refractivity contribution in [3.05, 3.63) is 99.3 Å². The van der Waals surface area contributed by atoms with Gasteiger partial charge in [0.2, 0.25) is 5.75 Å². The summed E-state index contributed by atoms with van der Waals surface area (Å²) in [6.45, 7) is 0.995. The molecule has 4 atom stereocenters. The first-order valence-corrected chi connectivity index (χ1v) is 15.5. The largest absolute Gasteiger partial charge is 0.633 e. The molecular formula is C36H37N2O7+. The van der Waals surface area contributed by atoms with Gasteiger partial charge < -0.3 is 33.5 Å². The number of nitrogens with zero attached hydrogens (tertiary/aromatic N) is 2. The van der Waals surface area contributed by atoms with Gasteiger partial charge in [-0.1, -0.05) is 18.2 Å². The molecule has 7 bridgehead atoms. The molecule has 0 aromatic heterocycles. The molecule has 4 aromatic rings. The minimum atomic E-state index is -0.434. The topological polar surface area (TPSA) is 89.4 Å². The Morgan fingerprint density at radius 3 is 2.18 bits per heavy atom. The summed E-state index contributed by atoms with van der Waals surface area (Å²) in [7, 11) is 6.85. The molecule has 9 rings (SSSR count). The van der Waals surface area contributed by atoms with Gasteiger partial charge in [0.15, 0.2) is 34.5 Å². The highest BCUT2D eigenvalue weighted by Gasteiger charge is 2.43. The van der Waals surface area contributed by atoms with E-state index in [1.165, 1.54) is 0 Å². The number of rotatable bonds is 2. The minimum absolute atomic E-state index is 0.162. The zero-order chi connectivity index (χ0) is 31.1. The molecule has 4 unspecified atom stereocenters. The van der Waals surface area contributed by atoms with Crippen LogP contribution in [0, 0.1) is 5.21 Å². The quantitative estimate of drug-likeness (QED) is 0.168. The van der Waals surface area contributed by atoms with E-state index in [-0.39, 0.29) is 10.7 Å². The van der Waals surface area contributed by atoms with E-state index >= 15 is 0 Å². The van der Waals surface area contributed by atoms with E-state index in [0.29, 0.717) is 84.8 Å². The fourth-order valence-corrected chi connectivity index (χ4v) is 7.50. The number of hydrogen-bond donors (Lipinski definition) is 1. The molecule has 5 aliphatic rings. The summed E-state index contributed by atoms with van der Waals surface area (Å²) in [5.41, 5.74) is 6.02. The molecule has 5 aliphatic heterocycles. The molecule has 4 aromatic carbocycles. The molecule has 0 saturated heterocycles. The lowest BCUT2D eigenvalue weighted by atomic mass is 9.86. The standard InChI is InChI=1S/C36H37N2O7/c1-37(39)13-11-23-18-31-32-20-26(23)27(37)16-22-7-10-29(41-3)30(17-22)43-25-8-5-21(6-9-25)15-28-34-24(12-14-38(28,2)40)19-33(42-4)35(44-31)36(34)45-32/h5-10,17-20,27-28,39H,11-16H2,1-4H3/q+1. The fraction of sp³-hybridized carbons (Fsp3) is 0.333.